The van der Waals surface area contributed by atoms with Crippen molar-refractivity contribution in [1.82, 2.24) is 0 Å². The fraction of sp³-hybridized carbons (Fsp3) is 0.607. The van der Waals surface area contributed by atoms with Gasteiger partial charge in [-0.3, -0.25) is 0 Å². The Bertz CT molecular complexity index is 860. The number of pyridine rings is 1. The van der Waals surface area contributed by atoms with Gasteiger partial charge < -0.3 is 0 Å². The van der Waals surface area contributed by atoms with Crippen LogP contribution >= 0.6 is 0 Å². The predicted molar refractivity (Wildman–Crippen MR) is 123 cm³/mol. The molecule has 0 amide bonds. The lowest BCUT2D eigenvalue weighted by Gasteiger charge is -2.42. The first-order valence-corrected chi connectivity index (χ1v) is 11.9. The minimum atomic E-state index is 0.339. The van der Waals surface area contributed by atoms with E-state index in [1.54, 1.807) is 0 Å². The molecule has 2 aliphatic rings. The largest absolute Gasteiger partial charge is 0.212 e. The molecule has 0 unspecified atom stereocenters. The standard InChI is InChI=1S/C28H40N/c1-21-19-24(28(4)17-15-27(2,3)16-18-28)12-13-25(21)26-14-11-23(20-29(26)5)22-9-7-6-8-10-22/h11-14,19-20,22H,6-10,15-18H2,1-5H3/q+1. The highest BCUT2D eigenvalue weighted by Crippen LogP contribution is 2.47. The van der Waals surface area contributed by atoms with Gasteiger partial charge in [0.05, 0.1) is 0 Å². The Morgan fingerprint density at radius 3 is 2.17 bits per heavy atom. The zero-order valence-electron chi connectivity index (χ0n) is 19.4. The molecule has 1 heteroatoms. The van der Waals surface area contributed by atoms with Gasteiger partial charge in [-0.15, -0.1) is 0 Å². The van der Waals surface area contributed by atoms with Crippen LogP contribution in [0.3, 0.4) is 0 Å². The first-order valence-electron chi connectivity index (χ1n) is 11.9. The summed E-state index contributed by atoms with van der Waals surface area (Å²) in [5.74, 6) is 0.767. The molecule has 0 spiro atoms. The Labute approximate surface area is 178 Å². The molecule has 2 aromatic rings. The fourth-order valence-electron chi connectivity index (χ4n) is 5.68. The Balaban J connectivity index is 1.58. The molecule has 0 bridgehead atoms. The Morgan fingerprint density at radius 1 is 0.862 bits per heavy atom. The predicted octanol–water partition coefficient (Wildman–Crippen LogP) is 7.39. The van der Waals surface area contributed by atoms with E-state index in [0.717, 1.165) is 5.92 Å². The number of aromatic nitrogens is 1. The molecule has 0 aliphatic heterocycles. The summed E-state index contributed by atoms with van der Waals surface area (Å²) >= 11 is 0. The lowest BCUT2D eigenvalue weighted by Crippen LogP contribution is -2.33. The minimum Gasteiger partial charge on any atom is -0.201 e. The average Bonchev–Trinajstić information content (AvgIpc) is 2.71. The molecule has 0 N–H and O–H groups in total. The second-order valence-corrected chi connectivity index (χ2v) is 11.0. The molecule has 4 rings (SSSR count). The molecule has 29 heavy (non-hydrogen) atoms. The van der Waals surface area contributed by atoms with Crippen LogP contribution < -0.4 is 4.57 Å². The maximum Gasteiger partial charge on any atom is 0.212 e. The number of benzene rings is 1. The lowest BCUT2D eigenvalue weighted by atomic mass is 9.63. The van der Waals surface area contributed by atoms with Crippen LogP contribution in [0.15, 0.2) is 36.5 Å². The van der Waals surface area contributed by atoms with Gasteiger partial charge in [-0.25, -0.2) is 4.57 Å². The van der Waals surface area contributed by atoms with Gasteiger partial charge in [-0.2, -0.15) is 0 Å². The van der Waals surface area contributed by atoms with Crippen LogP contribution in [-0.4, -0.2) is 0 Å². The molecule has 156 valence electrons. The first-order chi connectivity index (χ1) is 13.8. The SMILES string of the molecule is Cc1cc(C2(C)CCC(C)(C)CC2)ccc1-c1ccc(C2CCCCC2)c[n+]1C. The van der Waals surface area contributed by atoms with E-state index >= 15 is 0 Å². The van der Waals surface area contributed by atoms with Crippen LogP contribution in [0.25, 0.3) is 11.3 Å². The van der Waals surface area contributed by atoms with E-state index in [-0.39, 0.29) is 0 Å². The topological polar surface area (TPSA) is 3.88 Å². The summed E-state index contributed by atoms with van der Waals surface area (Å²) in [5, 5.41) is 0. The lowest BCUT2D eigenvalue weighted by molar-refractivity contribution is -0.660. The van der Waals surface area contributed by atoms with Gasteiger partial charge in [-0.1, -0.05) is 52.2 Å². The third kappa shape index (κ3) is 4.30. The van der Waals surface area contributed by atoms with Gasteiger partial charge in [0.1, 0.15) is 7.05 Å². The summed E-state index contributed by atoms with van der Waals surface area (Å²) in [5.41, 5.74) is 8.05. The summed E-state index contributed by atoms with van der Waals surface area (Å²) in [6.45, 7) is 9.63. The summed E-state index contributed by atoms with van der Waals surface area (Å²) in [4.78, 5) is 0. The highest BCUT2D eigenvalue weighted by Gasteiger charge is 2.36. The minimum absolute atomic E-state index is 0.339. The Morgan fingerprint density at radius 2 is 1.55 bits per heavy atom. The maximum absolute atomic E-state index is 2.48. The van der Waals surface area contributed by atoms with E-state index in [0.29, 0.717) is 10.8 Å². The first kappa shape index (κ1) is 20.6. The third-order valence-corrected chi connectivity index (χ3v) is 8.14. The van der Waals surface area contributed by atoms with Gasteiger partial charge in [-0.05, 0) is 85.5 Å². The highest BCUT2D eigenvalue weighted by atomic mass is 14.9. The van der Waals surface area contributed by atoms with Crippen molar-refractivity contribution >= 4 is 0 Å². The van der Waals surface area contributed by atoms with Crippen molar-refractivity contribution in [2.24, 2.45) is 12.5 Å². The van der Waals surface area contributed by atoms with Crippen LogP contribution in [-0.2, 0) is 12.5 Å². The monoisotopic (exact) mass is 390 g/mol. The van der Waals surface area contributed by atoms with Crippen LogP contribution in [0.2, 0.25) is 0 Å². The molecule has 2 fully saturated rings. The summed E-state index contributed by atoms with van der Waals surface area (Å²) < 4.78 is 2.36. The van der Waals surface area contributed by atoms with Gasteiger partial charge in [0, 0.05) is 17.2 Å². The molecule has 1 aromatic carbocycles. The van der Waals surface area contributed by atoms with Crippen LogP contribution in [0.4, 0.5) is 0 Å². The van der Waals surface area contributed by atoms with E-state index in [9.17, 15) is 0 Å². The number of hydrogen-bond donors (Lipinski definition) is 0. The van der Waals surface area contributed by atoms with Crippen molar-refractivity contribution in [3.8, 4) is 11.3 Å². The van der Waals surface area contributed by atoms with Gasteiger partial charge in [0.2, 0.25) is 5.69 Å². The third-order valence-electron chi connectivity index (χ3n) is 8.14. The van der Waals surface area contributed by atoms with Crippen LogP contribution in [0.1, 0.15) is 101 Å². The molecule has 1 aromatic heterocycles. The number of aryl methyl sites for hydroxylation is 2. The summed E-state index contributed by atoms with van der Waals surface area (Å²) in [6.07, 6.45) is 14.6. The van der Waals surface area contributed by atoms with Crippen molar-refractivity contribution < 1.29 is 4.57 Å². The molecular formula is C28H40N+. The van der Waals surface area contributed by atoms with Crippen molar-refractivity contribution in [1.29, 1.82) is 0 Å². The van der Waals surface area contributed by atoms with Crippen molar-refractivity contribution in [3.63, 3.8) is 0 Å². The smallest absolute Gasteiger partial charge is 0.201 e. The Hall–Kier alpha value is -1.63. The van der Waals surface area contributed by atoms with Gasteiger partial charge in [0.25, 0.3) is 0 Å². The molecule has 1 nitrogen and oxygen atoms in total. The molecule has 1 heterocycles. The Kier molecular flexibility index (Phi) is 5.62. The molecular weight excluding hydrogens is 350 g/mol. The summed E-state index contributed by atoms with van der Waals surface area (Å²) in [6, 6.07) is 12.0. The molecule has 0 atom stereocenters. The highest BCUT2D eigenvalue weighted by molar-refractivity contribution is 5.62. The zero-order chi connectivity index (χ0) is 20.6. The maximum atomic E-state index is 2.48. The fourth-order valence-corrected chi connectivity index (χ4v) is 5.68. The number of nitrogens with zero attached hydrogens (tertiary/aromatic N) is 1. The summed E-state index contributed by atoms with van der Waals surface area (Å²) in [7, 11) is 2.22. The molecule has 2 aliphatic carbocycles. The van der Waals surface area contributed by atoms with E-state index in [4.69, 9.17) is 0 Å². The van der Waals surface area contributed by atoms with Crippen molar-refractivity contribution in [2.75, 3.05) is 0 Å². The molecule has 2 saturated carbocycles. The van der Waals surface area contributed by atoms with Crippen LogP contribution in [0.5, 0.6) is 0 Å². The van der Waals surface area contributed by atoms with Gasteiger partial charge in [0.15, 0.2) is 6.20 Å². The van der Waals surface area contributed by atoms with Crippen LogP contribution in [0, 0.1) is 12.3 Å². The average molecular weight is 391 g/mol. The zero-order valence-corrected chi connectivity index (χ0v) is 19.4. The molecule has 0 saturated heterocycles. The second-order valence-electron chi connectivity index (χ2n) is 11.0. The van der Waals surface area contributed by atoms with E-state index in [1.807, 2.05) is 0 Å². The molecule has 0 radical (unpaired) electrons. The quantitative estimate of drug-likeness (QED) is 0.481. The normalized spacial score (nSPS) is 21.8. The number of rotatable bonds is 3. The van der Waals surface area contributed by atoms with Gasteiger partial charge >= 0.3 is 0 Å². The van der Waals surface area contributed by atoms with Crippen molar-refractivity contribution in [2.45, 2.75) is 96.8 Å². The van der Waals surface area contributed by atoms with Crippen molar-refractivity contribution in [3.05, 3.63) is 53.2 Å². The second kappa shape index (κ2) is 7.89. The van der Waals surface area contributed by atoms with E-state index in [1.165, 1.54) is 85.7 Å². The number of hydrogen-bond acceptors (Lipinski definition) is 0. The van der Waals surface area contributed by atoms with E-state index in [2.05, 4.69) is 75.8 Å². The van der Waals surface area contributed by atoms with E-state index < -0.39 is 0 Å².